The van der Waals surface area contributed by atoms with Crippen LogP contribution in [0.3, 0.4) is 0 Å². The van der Waals surface area contributed by atoms with Crippen LogP contribution in [0.5, 0.6) is 0 Å². The molecular weight excluding hydrogens is 314 g/mol. The number of nitrogens with zero attached hydrogens (tertiary/aromatic N) is 2. The summed E-state index contributed by atoms with van der Waals surface area (Å²) >= 11 is 0.936. The van der Waals surface area contributed by atoms with Gasteiger partial charge in [-0.1, -0.05) is 18.3 Å². The van der Waals surface area contributed by atoms with Gasteiger partial charge in [-0.2, -0.15) is 4.31 Å². The van der Waals surface area contributed by atoms with Gasteiger partial charge in [0.15, 0.2) is 5.00 Å². The lowest BCUT2D eigenvalue weighted by Crippen LogP contribution is -2.34. The first-order valence-corrected chi connectivity index (χ1v) is 9.21. The van der Waals surface area contributed by atoms with Crippen molar-refractivity contribution in [3.63, 3.8) is 0 Å². The first-order valence-electron chi connectivity index (χ1n) is 6.95. The Morgan fingerprint density at radius 3 is 2.81 bits per heavy atom. The second-order valence-corrected chi connectivity index (χ2v) is 8.06. The van der Waals surface area contributed by atoms with Crippen LogP contribution < -0.4 is 5.32 Å². The van der Waals surface area contributed by atoms with Crippen LogP contribution in [-0.4, -0.2) is 36.8 Å². The number of sulfonamides is 1. The van der Waals surface area contributed by atoms with Crippen LogP contribution in [-0.2, 0) is 10.0 Å². The predicted molar refractivity (Wildman–Crippen MR) is 82.3 cm³/mol. The van der Waals surface area contributed by atoms with Crippen molar-refractivity contribution in [2.75, 3.05) is 18.4 Å². The monoisotopic (exact) mass is 333 g/mol. The van der Waals surface area contributed by atoms with Crippen LogP contribution in [0.15, 0.2) is 10.3 Å². The Bertz CT molecular complexity index is 626. The quantitative estimate of drug-likeness (QED) is 0.638. The fraction of sp³-hybridized carbons (Fsp3) is 0.667. The summed E-state index contributed by atoms with van der Waals surface area (Å²) in [4.78, 5) is 10.5. The zero-order valence-electron chi connectivity index (χ0n) is 12.0. The number of nitrogens with one attached hydrogen (secondary N) is 1. The second kappa shape index (κ2) is 6.29. The predicted octanol–water partition coefficient (Wildman–Crippen LogP) is 2.65. The van der Waals surface area contributed by atoms with E-state index in [9.17, 15) is 18.5 Å². The zero-order valence-corrected chi connectivity index (χ0v) is 13.7. The summed E-state index contributed by atoms with van der Waals surface area (Å²) in [5.74, 6) is 0. The smallest absolute Gasteiger partial charge is 0.304 e. The van der Waals surface area contributed by atoms with Gasteiger partial charge in [-0.05, 0) is 26.2 Å². The van der Waals surface area contributed by atoms with E-state index in [1.165, 1.54) is 10.4 Å². The number of hydrogen-bond donors (Lipinski definition) is 1. The minimum absolute atomic E-state index is 0.00117. The Kier molecular flexibility index (Phi) is 4.84. The maximum Gasteiger partial charge on any atom is 0.304 e. The lowest BCUT2D eigenvalue weighted by atomic mass is 10.2. The highest BCUT2D eigenvalue weighted by atomic mass is 32.2. The molecule has 2 heterocycles. The van der Waals surface area contributed by atoms with Gasteiger partial charge in [0.2, 0.25) is 0 Å². The van der Waals surface area contributed by atoms with Crippen LogP contribution in [0, 0.1) is 10.1 Å². The Morgan fingerprint density at radius 2 is 2.24 bits per heavy atom. The standard InChI is InChI=1S/C12H19N3O4S2/c1-3-9-6-5-7-14(9)21(18,19)11-8-10(15(16)17)12(20-11)13-4-2/h8-9,13H,3-7H2,1-2H3. The first-order chi connectivity index (χ1) is 9.91. The summed E-state index contributed by atoms with van der Waals surface area (Å²) in [5.41, 5.74) is -0.173. The molecule has 1 aliphatic heterocycles. The number of thiophene rings is 1. The van der Waals surface area contributed by atoms with Gasteiger partial charge in [0.05, 0.1) is 4.92 Å². The highest BCUT2D eigenvalue weighted by molar-refractivity contribution is 7.91. The SMILES string of the molecule is CCNc1sc(S(=O)(=O)N2CCCC2CC)cc1[N+](=O)[O-]. The number of anilines is 1. The number of nitro groups is 1. The molecule has 0 saturated carbocycles. The van der Waals surface area contributed by atoms with Crippen LogP contribution in [0.4, 0.5) is 10.7 Å². The summed E-state index contributed by atoms with van der Waals surface area (Å²) < 4.78 is 26.9. The van der Waals surface area contributed by atoms with Crippen molar-refractivity contribution in [1.82, 2.24) is 4.31 Å². The lowest BCUT2D eigenvalue weighted by Gasteiger charge is -2.21. The molecule has 0 amide bonds. The van der Waals surface area contributed by atoms with Gasteiger partial charge in [0, 0.05) is 25.2 Å². The normalized spacial score (nSPS) is 19.8. The van der Waals surface area contributed by atoms with Gasteiger partial charge in [-0.3, -0.25) is 10.1 Å². The van der Waals surface area contributed by atoms with Gasteiger partial charge >= 0.3 is 5.69 Å². The third-order valence-electron chi connectivity index (χ3n) is 3.58. The molecule has 0 spiro atoms. The molecule has 1 saturated heterocycles. The van der Waals surface area contributed by atoms with E-state index >= 15 is 0 Å². The fourth-order valence-corrected chi connectivity index (χ4v) is 5.85. The molecule has 1 aromatic rings. The van der Waals surface area contributed by atoms with E-state index in [0.29, 0.717) is 18.1 Å². The van der Waals surface area contributed by atoms with Gasteiger partial charge in [-0.25, -0.2) is 8.42 Å². The molecule has 0 radical (unpaired) electrons. The fourth-order valence-electron chi connectivity index (χ4n) is 2.56. The minimum Gasteiger partial charge on any atom is -0.372 e. The van der Waals surface area contributed by atoms with Crippen molar-refractivity contribution in [2.24, 2.45) is 0 Å². The van der Waals surface area contributed by atoms with Crippen molar-refractivity contribution in [3.8, 4) is 0 Å². The molecule has 0 aliphatic carbocycles. The topological polar surface area (TPSA) is 92.6 Å². The average molecular weight is 333 g/mol. The van der Waals surface area contributed by atoms with Gasteiger partial charge < -0.3 is 5.32 Å². The molecule has 1 aliphatic rings. The van der Waals surface area contributed by atoms with Crippen LogP contribution >= 0.6 is 11.3 Å². The number of rotatable bonds is 6. The Hall–Kier alpha value is -1.19. The molecule has 1 N–H and O–H groups in total. The van der Waals surface area contributed by atoms with E-state index in [1.807, 2.05) is 13.8 Å². The Labute approximate surface area is 128 Å². The summed E-state index contributed by atoms with van der Waals surface area (Å²) in [5, 5.41) is 14.2. The Morgan fingerprint density at radius 1 is 1.52 bits per heavy atom. The molecule has 9 heteroatoms. The third-order valence-corrected chi connectivity index (χ3v) is 7.06. The molecule has 1 atom stereocenters. The van der Waals surface area contributed by atoms with Gasteiger partial charge in [0.1, 0.15) is 4.21 Å². The molecular formula is C12H19N3O4S2. The zero-order chi connectivity index (χ0) is 15.6. The van der Waals surface area contributed by atoms with Crippen molar-refractivity contribution >= 4 is 32.0 Å². The van der Waals surface area contributed by atoms with Crippen molar-refractivity contribution in [2.45, 2.75) is 43.4 Å². The van der Waals surface area contributed by atoms with Crippen molar-refractivity contribution < 1.29 is 13.3 Å². The van der Waals surface area contributed by atoms with Crippen LogP contribution in [0.1, 0.15) is 33.1 Å². The van der Waals surface area contributed by atoms with E-state index in [1.54, 1.807) is 0 Å². The molecule has 21 heavy (non-hydrogen) atoms. The molecule has 0 bridgehead atoms. The van der Waals surface area contributed by atoms with E-state index in [-0.39, 0.29) is 15.9 Å². The highest BCUT2D eigenvalue weighted by Gasteiger charge is 2.37. The van der Waals surface area contributed by atoms with E-state index < -0.39 is 14.9 Å². The van der Waals surface area contributed by atoms with Crippen molar-refractivity contribution in [3.05, 3.63) is 16.2 Å². The molecule has 7 nitrogen and oxygen atoms in total. The maximum atomic E-state index is 12.7. The summed E-state index contributed by atoms with van der Waals surface area (Å²) in [6.45, 7) is 4.76. The van der Waals surface area contributed by atoms with Crippen LogP contribution in [0.25, 0.3) is 0 Å². The largest absolute Gasteiger partial charge is 0.372 e. The van der Waals surface area contributed by atoms with E-state index in [0.717, 1.165) is 30.6 Å². The molecule has 1 fully saturated rings. The summed E-state index contributed by atoms with van der Waals surface area (Å²) in [7, 11) is -3.65. The molecule has 1 unspecified atom stereocenters. The molecule has 2 rings (SSSR count). The Balaban J connectivity index is 2.40. The molecule has 118 valence electrons. The summed E-state index contributed by atoms with van der Waals surface area (Å²) in [6, 6.07) is 1.17. The second-order valence-electron chi connectivity index (χ2n) is 4.89. The molecule has 1 aromatic heterocycles. The molecule has 0 aromatic carbocycles. The van der Waals surface area contributed by atoms with Crippen molar-refractivity contribution in [1.29, 1.82) is 0 Å². The van der Waals surface area contributed by atoms with Gasteiger partial charge in [-0.15, -0.1) is 0 Å². The van der Waals surface area contributed by atoms with Crippen LogP contribution in [0.2, 0.25) is 0 Å². The van der Waals surface area contributed by atoms with Gasteiger partial charge in [0.25, 0.3) is 10.0 Å². The van der Waals surface area contributed by atoms with E-state index in [2.05, 4.69) is 5.32 Å². The summed E-state index contributed by atoms with van der Waals surface area (Å²) in [6.07, 6.45) is 2.45. The minimum atomic E-state index is -3.65. The first kappa shape index (κ1) is 16.2. The highest BCUT2D eigenvalue weighted by Crippen LogP contribution is 2.39. The third kappa shape index (κ3) is 3.04. The number of hydrogen-bond acceptors (Lipinski definition) is 6. The van der Waals surface area contributed by atoms with E-state index in [4.69, 9.17) is 0 Å². The maximum absolute atomic E-state index is 12.7. The average Bonchev–Trinajstić information content (AvgIpc) is 3.05. The lowest BCUT2D eigenvalue weighted by molar-refractivity contribution is -0.383.